The average molecular weight is 236 g/mol. The minimum atomic E-state index is -0.785. The number of hydrogen-bond donors (Lipinski definition) is 1. The average Bonchev–Trinajstić information content (AvgIpc) is 2.30. The molecule has 1 aromatic heterocycles. The van der Waals surface area contributed by atoms with Crippen molar-refractivity contribution in [2.24, 2.45) is 0 Å². The van der Waals surface area contributed by atoms with E-state index in [-0.39, 0.29) is 12.6 Å². The Morgan fingerprint density at radius 1 is 1.65 bits per heavy atom. The van der Waals surface area contributed by atoms with E-state index in [4.69, 9.17) is 9.84 Å². The van der Waals surface area contributed by atoms with Gasteiger partial charge in [0.05, 0.1) is 19.3 Å². The zero-order chi connectivity index (χ0) is 12.1. The predicted molar refractivity (Wildman–Crippen MR) is 61.8 cm³/mol. The van der Waals surface area contributed by atoms with Crippen LogP contribution in [0.15, 0.2) is 24.5 Å². The third-order valence-electron chi connectivity index (χ3n) is 2.77. The lowest BCUT2D eigenvalue weighted by molar-refractivity contribution is -0.140. The quantitative estimate of drug-likeness (QED) is 0.820. The Balaban J connectivity index is 1.87. The van der Waals surface area contributed by atoms with Crippen LogP contribution < -0.4 is 0 Å². The molecular formula is C12H16N2O3. The monoisotopic (exact) mass is 236 g/mol. The SMILES string of the molecule is O=C(O)CN1CCO[C@H](Cc2cccnc2)C1. The van der Waals surface area contributed by atoms with Crippen molar-refractivity contribution >= 4 is 5.97 Å². The summed E-state index contributed by atoms with van der Waals surface area (Å²) < 4.78 is 5.63. The van der Waals surface area contributed by atoms with E-state index in [0.29, 0.717) is 19.7 Å². The number of morpholine rings is 1. The summed E-state index contributed by atoms with van der Waals surface area (Å²) in [6.07, 6.45) is 4.40. The molecule has 17 heavy (non-hydrogen) atoms. The number of ether oxygens (including phenoxy) is 1. The van der Waals surface area contributed by atoms with Gasteiger partial charge in [-0.05, 0) is 11.6 Å². The maximum absolute atomic E-state index is 10.6. The number of aromatic nitrogens is 1. The zero-order valence-electron chi connectivity index (χ0n) is 9.58. The second-order valence-corrected chi connectivity index (χ2v) is 4.19. The molecule has 0 unspecified atom stereocenters. The first-order valence-corrected chi connectivity index (χ1v) is 5.68. The van der Waals surface area contributed by atoms with Crippen LogP contribution in [0.4, 0.5) is 0 Å². The normalized spacial score (nSPS) is 21.3. The Kier molecular flexibility index (Phi) is 4.06. The van der Waals surface area contributed by atoms with Crippen LogP contribution in [0.1, 0.15) is 5.56 Å². The minimum Gasteiger partial charge on any atom is -0.480 e. The summed E-state index contributed by atoms with van der Waals surface area (Å²) in [6, 6.07) is 3.90. The lowest BCUT2D eigenvalue weighted by atomic mass is 10.1. The highest BCUT2D eigenvalue weighted by Crippen LogP contribution is 2.10. The smallest absolute Gasteiger partial charge is 0.317 e. The van der Waals surface area contributed by atoms with E-state index in [2.05, 4.69) is 4.98 Å². The third-order valence-corrected chi connectivity index (χ3v) is 2.77. The van der Waals surface area contributed by atoms with Crippen LogP contribution in [0, 0.1) is 0 Å². The van der Waals surface area contributed by atoms with Crippen molar-refractivity contribution in [2.75, 3.05) is 26.2 Å². The van der Waals surface area contributed by atoms with Gasteiger partial charge in [0.1, 0.15) is 0 Å². The van der Waals surface area contributed by atoms with E-state index in [1.165, 1.54) is 0 Å². The molecule has 1 N–H and O–H groups in total. The maximum atomic E-state index is 10.6. The molecule has 5 nitrogen and oxygen atoms in total. The van der Waals surface area contributed by atoms with Crippen molar-refractivity contribution in [2.45, 2.75) is 12.5 Å². The third kappa shape index (κ3) is 3.80. The first-order valence-electron chi connectivity index (χ1n) is 5.68. The van der Waals surface area contributed by atoms with E-state index < -0.39 is 5.97 Å². The van der Waals surface area contributed by atoms with Crippen LogP contribution in [0.2, 0.25) is 0 Å². The molecule has 2 heterocycles. The Bertz CT molecular complexity index is 369. The van der Waals surface area contributed by atoms with Gasteiger partial charge in [-0.3, -0.25) is 14.7 Å². The molecule has 0 radical (unpaired) electrons. The van der Waals surface area contributed by atoms with E-state index in [9.17, 15) is 4.79 Å². The summed E-state index contributed by atoms with van der Waals surface area (Å²) in [6.45, 7) is 2.04. The summed E-state index contributed by atoms with van der Waals surface area (Å²) in [4.78, 5) is 16.6. The molecule has 0 amide bonds. The highest BCUT2D eigenvalue weighted by molar-refractivity contribution is 5.69. The van der Waals surface area contributed by atoms with E-state index >= 15 is 0 Å². The topological polar surface area (TPSA) is 62.7 Å². The van der Waals surface area contributed by atoms with Gasteiger partial charge in [-0.1, -0.05) is 6.07 Å². The Morgan fingerprint density at radius 3 is 3.24 bits per heavy atom. The molecule has 1 fully saturated rings. The molecule has 1 atom stereocenters. The van der Waals surface area contributed by atoms with Gasteiger partial charge >= 0.3 is 5.97 Å². The second-order valence-electron chi connectivity index (χ2n) is 4.19. The molecule has 2 rings (SSSR count). The van der Waals surface area contributed by atoms with Crippen LogP contribution in [0.3, 0.4) is 0 Å². The molecule has 1 saturated heterocycles. The van der Waals surface area contributed by atoms with Crippen molar-refractivity contribution in [1.82, 2.24) is 9.88 Å². The minimum absolute atomic E-state index is 0.0623. The molecule has 1 aromatic rings. The molecule has 92 valence electrons. The van der Waals surface area contributed by atoms with Crippen LogP contribution in [-0.2, 0) is 16.0 Å². The molecule has 0 spiro atoms. The fourth-order valence-corrected chi connectivity index (χ4v) is 2.02. The Hall–Kier alpha value is -1.46. The number of carboxylic acids is 1. The molecule has 0 saturated carbocycles. The standard InChI is InChI=1S/C12H16N2O3/c15-12(16)9-14-4-5-17-11(8-14)6-10-2-1-3-13-7-10/h1-3,7,11H,4-6,8-9H2,(H,15,16)/t11-/m1/s1. The van der Waals surface area contributed by atoms with Crippen LogP contribution in [0.5, 0.6) is 0 Å². The largest absolute Gasteiger partial charge is 0.480 e. The van der Waals surface area contributed by atoms with E-state index in [0.717, 1.165) is 12.0 Å². The van der Waals surface area contributed by atoms with Gasteiger partial charge in [-0.2, -0.15) is 0 Å². The maximum Gasteiger partial charge on any atom is 0.317 e. The number of rotatable bonds is 4. The summed E-state index contributed by atoms with van der Waals surface area (Å²) in [7, 11) is 0. The van der Waals surface area contributed by atoms with E-state index in [1.807, 2.05) is 23.2 Å². The molecular weight excluding hydrogens is 220 g/mol. The van der Waals surface area contributed by atoms with Crippen molar-refractivity contribution in [3.63, 3.8) is 0 Å². The molecule has 0 aromatic carbocycles. The lowest BCUT2D eigenvalue weighted by Gasteiger charge is -2.31. The number of aliphatic carboxylic acids is 1. The van der Waals surface area contributed by atoms with Crippen molar-refractivity contribution in [3.05, 3.63) is 30.1 Å². The van der Waals surface area contributed by atoms with Crippen LogP contribution in [0.25, 0.3) is 0 Å². The fraction of sp³-hybridized carbons (Fsp3) is 0.500. The Labute approximate surface area is 100 Å². The summed E-state index contributed by atoms with van der Waals surface area (Å²) in [5, 5.41) is 8.75. The summed E-state index contributed by atoms with van der Waals surface area (Å²) in [5.74, 6) is -0.785. The molecule has 0 aliphatic carbocycles. The molecule has 1 aliphatic rings. The van der Waals surface area contributed by atoms with Crippen LogP contribution in [-0.4, -0.2) is 53.3 Å². The van der Waals surface area contributed by atoms with Gasteiger partial charge in [0.2, 0.25) is 0 Å². The first-order chi connectivity index (χ1) is 8.24. The van der Waals surface area contributed by atoms with Gasteiger partial charge in [-0.15, -0.1) is 0 Å². The fourth-order valence-electron chi connectivity index (χ4n) is 2.02. The molecule has 1 aliphatic heterocycles. The second kappa shape index (κ2) is 5.75. The summed E-state index contributed by atoms with van der Waals surface area (Å²) in [5.41, 5.74) is 1.12. The highest BCUT2D eigenvalue weighted by Gasteiger charge is 2.22. The lowest BCUT2D eigenvalue weighted by Crippen LogP contribution is -2.45. The number of carboxylic acid groups (broad SMARTS) is 1. The van der Waals surface area contributed by atoms with Crippen molar-refractivity contribution in [1.29, 1.82) is 0 Å². The van der Waals surface area contributed by atoms with Crippen molar-refractivity contribution in [3.8, 4) is 0 Å². The van der Waals surface area contributed by atoms with Gasteiger partial charge in [0, 0.05) is 31.9 Å². The predicted octanol–water partition coefficient (Wildman–Crippen LogP) is 0.409. The van der Waals surface area contributed by atoms with Gasteiger partial charge < -0.3 is 9.84 Å². The van der Waals surface area contributed by atoms with Crippen LogP contribution >= 0.6 is 0 Å². The molecule has 5 heteroatoms. The molecule has 0 bridgehead atoms. The number of carbonyl (C=O) groups is 1. The van der Waals surface area contributed by atoms with E-state index in [1.54, 1.807) is 6.20 Å². The number of nitrogens with zero attached hydrogens (tertiary/aromatic N) is 2. The Morgan fingerprint density at radius 2 is 2.53 bits per heavy atom. The van der Waals surface area contributed by atoms with Gasteiger partial charge in [0.15, 0.2) is 0 Å². The summed E-state index contributed by atoms with van der Waals surface area (Å²) >= 11 is 0. The first kappa shape index (κ1) is 12.0. The number of hydrogen-bond acceptors (Lipinski definition) is 4. The highest BCUT2D eigenvalue weighted by atomic mass is 16.5. The van der Waals surface area contributed by atoms with Crippen molar-refractivity contribution < 1.29 is 14.6 Å². The van der Waals surface area contributed by atoms with Gasteiger partial charge in [0.25, 0.3) is 0 Å². The number of pyridine rings is 1. The van der Waals surface area contributed by atoms with Gasteiger partial charge in [-0.25, -0.2) is 0 Å². The zero-order valence-corrected chi connectivity index (χ0v) is 9.58.